The van der Waals surface area contributed by atoms with Crippen molar-refractivity contribution in [3.63, 3.8) is 0 Å². The van der Waals surface area contributed by atoms with E-state index in [4.69, 9.17) is 0 Å². The molecule has 2 N–H and O–H groups in total. The summed E-state index contributed by atoms with van der Waals surface area (Å²) in [6, 6.07) is 14.0. The molecule has 0 bridgehead atoms. The Morgan fingerprint density at radius 2 is 1.33 bits per heavy atom. The lowest BCUT2D eigenvalue weighted by atomic mass is 10.2. The fourth-order valence-corrected chi connectivity index (χ4v) is 2.11. The summed E-state index contributed by atoms with van der Waals surface area (Å²) >= 11 is 1.16. The summed E-state index contributed by atoms with van der Waals surface area (Å²) in [4.78, 5) is 23.3. The Labute approximate surface area is 127 Å². The third kappa shape index (κ3) is 4.36. The first-order valence-corrected chi connectivity index (χ1v) is 7.64. The smallest absolute Gasteiger partial charge is 0.308 e. The number of aryl methyl sites for hydroxylation is 1. The van der Waals surface area contributed by atoms with Gasteiger partial charge in [-0.2, -0.15) is 0 Å². The van der Waals surface area contributed by atoms with Gasteiger partial charge in [-0.1, -0.05) is 29.5 Å². The second kappa shape index (κ2) is 6.95. The number of hydrogen-bond acceptors (Lipinski definition) is 3. The van der Waals surface area contributed by atoms with Gasteiger partial charge >= 0.3 is 6.03 Å². The standard InChI is InChI=1S/C16H16N2O2S/c1-11-3-7-13(8-4-11)17-16(20)18-14-9-5-12(6-10-14)15(19)21-2/h3-10H,1-2H3,(H2,17,18,20). The molecule has 0 heterocycles. The van der Waals surface area contributed by atoms with Crippen LogP contribution in [0.4, 0.5) is 16.2 Å². The van der Waals surface area contributed by atoms with E-state index in [-0.39, 0.29) is 11.1 Å². The molecule has 0 fully saturated rings. The van der Waals surface area contributed by atoms with Crippen molar-refractivity contribution in [1.82, 2.24) is 0 Å². The van der Waals surface area contributed by atoms with Crippen molar-refractivity contribution in [3.05, 3.63) is 59.7 Å². The van der Waals surface area contributed by atoms with E-state index >= 15 is 0 Å². The average molecular weight is 300 g/mol. The maximum atomic E-state index is 11.8. The zero-order chi connectivity index (χ0) is 15.2. The number of amides is 2. The summed E-state index contributed by atoms with van der Waals surface area (Å²) in [6.07, 6.45) is 1.74. The lowest BCUT2D eigenvalue weighted by molar-refractivity contribution is 0.108. The highest BCUT2D eigenvalue weighted by Crippen LogP contribution is 2.15. The van der Waals surface area contributed by atoms with Crippen LogP contribution in [0.5, 0.6) is 0 Å². The summed E-state index contributed by atoms with van der Waals surface area (Å²) in [6.45, 7) is 1.99. The van der Waals surface area contributed by atoms with Crippen molar-refractivity contribution in [2.24, 2.45) is 0 Å². The number of rotatable bonds is 3. The van der Waals surface area contributed by atoms with Crippen LogP contribution in [0.3, 0.4) is 0 Å². The first-order valence-electron chi connectivity index (χ1n) is 6.41. The number of hydrogen-bond donors (Lipinski definition) is 2. The molecule has 21 heavy (non-hydrogen) atoms. The Balaban J connectivity index is 1.96. The minimum atomic E-state index is -0.317. The van der Waals surface area contributed by atoms with Crippen LogP contribution in [0.15, 0.2) is 48.5 Å². The van der Waals surface area contributed by atoms with Crippen LogP contribution in [0.2, 0.25) is 0 Å². The number of carbonyl (C=O) groups is 2. The normalized spacial score (nSPS) is 10.0. The van der Waals surface area contributed by atoms with E-state index in [0.29, 0.717) is 11.3 Å². The predicted molar refractivity (Wildman–Crippen MR) is 88.1 cm³/mol. The molecule has 2 rings (SSSR count). The van der Waals surface area contributed by atoms with Crippen molar-refractivity contribution in [3.8, 4) is 0 Å². The topological polar surface area (TPSA) is 58.2 Å². The van der Waals surface area contributed by atoms with E-state index in [1.54, 1.807) is 30.5 Å². The zero-order valence-corrected chi connectivity index (χ0v) is 12.7. The molecular formula is C16H16N2O2S. The van der Waals surface area contributed by atoms with Gasteiger partial charge in [0.25, 0.3) is 0 Å². The molecule has 5 heteroatoms. The van der Waals surface area contributed by atoms with Crippen molar-refractivity contribution in [2.75, 3.05) is 16.9 Å². The Hall–Kier alpha value is -2.27. The molecule has 0 atom stereocenters. The Morgan fingerprint density at radius 3 is 1.81 bits per heavy atom. The molecule has 0 saturated heterocycles. The molecule has 0 saturated carbocycles. The third-order valence-corrected chi connectivity index (χ3v) is 3.48. The van der Waals surface area contributed by atoms with Gasteiger partial charge in [0.1, 0.15) is 0 Å². The van der Waals surface area contributed by atoms with Crippen LogP contribution in [-0.4, -0.2) is 17.4 Å². The van der Waals surface area contributed by atoms with Crippen molar-refractivity contribution < 1.29 is 9.59 Å². The number of anilines is 2. The molecule has 0 spiro atoms. The zero-order valence-electron chi connectivity index (χ0n) is 11.8. The molecular weight excluding hydrogens is 284 g/mol. The Morgan fingerprint density at radius 1 is 0.857 bits per heavy atom. The fourth-order valence-electron chi connectivity index (χ4n) is 1.74. The van der Waals surface area contributed by atoms with E-state index in [1.165, 1.54) is 0 Å². The molecule has 0 radical (unpaired) electrons. The summed E-state index contributed by atoms with van der Waals surface area (Å²) in [7, 11) is 0. The lowest BCUT2D eigenvalue weighted by Crippen LogP contribution is -2.19. The summed E-state index contributed by atoms with van der Waals surface area (Å²) in [5, 5.41) is 5.47. The minimum Gasteiger partial charge on any atom is -0.308 e. The SMILES string of the molecule is CSC(=O)c1ccc(NC(=O)Nc2ccc(C)cc2)cc1. The monoisotopic (exact) mass is 300 g/mol. The maximum Gasteiger partial charge on any atom is 0.323 e. The van der Waals surface area contributed by atoms with Gasteiger partial charge in [-0.3, -0.25) is 4.79 Å². The highest BCUT2D eigenvalue weighted by molar-refractivity contribution is 8.13. The van der Waals surface area contributed by atoms with Gasteiger partial charge < -0.3 is 10.6 Å². The largest absolute Gasteiger partial charge is 0.323 e. The molecule has 2 aromatic rings. The Bertz CT molecular complexity index is 636. The first-order chi connectivity index (χ1) is 10.1. The molecule has 4 nitrogen and oxygen atoms in total. The lowest BCUT2D eigenvalue weighted by Gasteiger charge is -2.08. The maximum absolute atomic E-state index is 11.8. The second-order valence-electron chi connectivity index (χ2n) is 4.51. The number of nitrogens with one attached hydrogen (secondary N) is 2. The van der Waals surface area contributed by atoms with Crippen LogP contribution in [0, 0.1) is 6.92 Å². The summed E-state index contributed by atoms with van der Waals surface area (Å²) in [5.41, 5.74) is 3.12. The number of thioether (sulfide) groups is 1. The average Bonchev–Trinajstić information content (AvgIpc) is 2.49. The minimum absolute atomic E-state index is 0.00524. The summed E-state index contributed by atoms with van der Waals surface area (Å²) < 4.78 is 0. The number of carbonyl (C=O) groups excluding carboxylic acids is 2. The summed E-state index contributed by atoms with van der Waals surface area (Å²) in [5.74, 6) is 0. The van der Waals surface area contributed by atoms with Crippen LogP contribution in [0.1, 0.15) is 15.9 Å². The van der Waals surface area contributed by atoms with Crippen LogP contribution in [0.25, 0.3) is 0 Å². The number of benzene rings is 2. The van der Waals surface area contributed by atoms with Gasteiger partial charge in [0.2, 0.25) is 5.12 Å². The molecule has 2 aromatic carbocycles. The number of urea groups is 1. The van der Waals surface area contributed by atoms with Crippen molar-refractivity contribution in [1.29, 1.82) is 0 Å². The second-order valence-corrected chi connectivity index (χ2v) is 5.29. The van der Waals surface area contributed by atoms with Gasteiger partial charge in [-0.05, 0) is 49.6 Å². The quantitative estimate of drug-likeness (QED) is 0.895. The van der Waals surface area contributed by atoms with Gasteiger partial charge in [-0.25, -0.2) is 4.79 Å². The van der Waals surface area contributed by atoms with Gasteiger partial charge in [0.15, 0.2) is 0 Å². The predicted octanol–water partition coefficient (Wildman–Crippen LogP) is 4.14. The van der Waals surface area contributed by atoms with Gasteiger partial charge in [-0.15, -0.1) is 0 Å². The molecule has 0 aliphatic heterocycles. The van der Waals surface area contributed by atoms with Crippen LogP contribution < -0.4 is 10.6 Å². The molecule has 0 aromatic heterocycles. The van der Waals surface area contributed by atoms with Crippen molar-refractivity contribution in [2.45, 2.75) is 6.92 Å². The molecule has 2 amide bonds. The highest BCUT2D eigenvalue weighted by Gasteiger charge is 2.05. The van der Waals surface area contributed by atoms with Crippen molar-refractivity contribution >= 4 is 34.3 Å². The van der Waals surface area contributed by atoms with Gasteiger partial charge in [0.05, 0.1) is 0 Å². The van der Waals surface area contributed by atoms with E-state index < -0.39 is 0 Å². The van der Waals surface area contributed by atoms with Crippen LogP contribution in [-0.2, 0) is 0 Å². The van der Waals surface area contributed by atoms with E-state index in [2.05, 4.69) is 10.6 Å². The van der Waals surface area contributed by atoms with E-state index in [1.807, 2.05) is 31.2 Å². The van der Waals surface area contributed by atoms with Gasteiger partial charge in [0, 0.05) is 16.9 Å². The Kier molecular flexibility index (Phi) is 5.00. The molecule has 0 aliphatic carbocycles. The van der Waals surface area contributed by atoms with Crippen LogP contribution >= 0.6 is 11.8 Å². The fraction of sp³-hybridized carbons (Fsp3) is 0.125. The van der Waals surface area contributed by atoms with E-state index in [9.17, 15) is 9.59 Å². The van der Waals surface area contributed by atoms with E-state index in [0.717, 1.165) is 23.0 Å². The molecule has 108 valence electrons. The highest BCUT2D eigenvalue weighted by atomic mass is 32.2. The first kappa shape index (κ1) is 15.1. The molecule has 0 aliphatic rings. The third-order valence-electron chi connectivity index (χ3n) is 2.87. The molecule has 0 unspecified atom stereocenters.